The summed E-state index contributed by atoms with van der Waals surface area (Å²) in [5.41, 5.74) is 4.50. The summed E-state index contributed by atoms with van der Waals surface area (Å²) in [7, 11) is 4.98. The molecule has 4 heterocycles. The van der Waals surface area contributed by atoms with Crippen molar-refractivity contribution in [2.24, 2.45) is 7.05 Å². The molecular formula is C27H28ClN7O4S. The van der Waals surface area contributed by atoms with Gasteiger partial charge in [0.2, 0.25) is 0 Å². The van der Waals surface area contributed by atoms with Gasteiger partial charge in [0.25, 0.3) is 0 Å². The quantitative estimate of drug-likeness (QED) is 0.230. The Hall–Kier alpha value is -4.16. The lowest BCUT2D eigenvalue weighted by Crippen LogP contribution is -2.23. The van der Waals surface area contributed by atoms with Crippen molar-refractivity contribution in [1.29, 1.82) is 0 Å². The molecule has 0 spiro atoms. The number of carbonyl (C=O) groups excluding carboxylic acids is 1. The minimum Gasteiger partial charge on any atom is -0.497 e. The largest absolute Gasteiger partial charge is 0.497 e. The van der Waals surface area contributed by atoms with Crippen molar-refractivity contribution in [3.8, 4) is 33.6 Å². The number of halogens is 1. The minimum absolute atomic E-state index is 0.0201. The first-order chi connectivity index (χ1) is 19.3. The second-order valence-corrected chi connectivity index (χ2v) is 10.4. The summed E-state index contributed by atoms with van der Waals surface area (Å²) in [5.74, 6) is 1.26. The molecule has 11 nitrogen and oxygen atoms in total. The summed E-state index contributed by atoms with van der Waals surface area (Å²) in [5, 5.41) is 13.5. The lowest BCUT2D eigenvalue weighted by molar-refractivity contribution is 0.140. The van der Waals surface area contributed by atoms with Crippen molar-refractivity contribution in [2.45, 2.75) is 33.5 Å². The second kappa shape index (κ2) is 11.5. The predicted molar refractivity (Wildman–Crippen MR) is 153 cm³/mol. The van der Waals surface area contributed by atoms with Gasteiger partial charge in [0.05, 0.1) is 42.2 Å². The number of methoxy groups -OCH3 is 2. The van der Waals surface area contributed by atoms with Gasteiger partial charge in [-0.3, -0.25) is 9.36 Å². The number of aryl methyl sites for hydroxylation is 3. The lowest BCUT2D eigenvalue weighted by Gasteiger charge is -2.11. The van der Waals surface area contributed by atoms with Gasteiger partial charge in [-0.2, -0.15) is 10.2 Å². The Morgan fingerprint density at radius 1 is 1.12 bits per heavy atom. The molecule has 13 heteroatoms. The van der Waals surface area contributed by atoms with Gasteiger partial charge in [0, 0.05) is 43.2 Å². The fourth-order valence-electron chi connectivity index (χ4n) is 4.34. The van der Waals surface area contributed by atoms with Gasteiger partial charge >= 0.3 is 6.09 Å². The number of rotatable bonds is 9. The first kappa shape index (κ1) is 27.4. The summed E-state index contributed by atoms with van der Waals surface area (Å²) in [4.78, 5) is 23.0. The summed E-state index contributed by atoms with van der Waals surface area (Å²) < 4.78 is 19.9. The van der Waals surface area contributed by atoms with Crippen LogP contribution in [0.15, 0.2) is 36.5 Å². The van der Waals surface area contributed by atoms with Crippen molar-refractivity contribution in [3.63, 3.8) is 0 Å². The van der Waals surface area contributed by atoms with E-state index in [1.165, 1.54) is 11.3 Å². The van der Waals surface area contributed by atoms with Crippen LogP contribution in [0.5, 0.6) is 11.5 Å². The summed E-state index contributed by atoms with van der Waals surface area (Å²) >= 11 is 7.81. The zero-order valence-corrected chi connectivity index (χ0v) is 24.3. The van der Waals surface area contributed by atoms with Crippen molar-refractivity contribution >= 4 is 39.9 Å². The number of thiazole rings is 1. The predicted octanol–water partition coefficient (Wildman–Crippen LogP) is 5.38. The van der Waals surface area contributed by atoms with Crippen LogP contribution in [0.2, 0.25) is 5.15 Å². The summed E-state index contributed by atoms with van der Waals surface area (Å²) in [6.07, 6.45) is 1.14. The van der Waals surface area contributed by atoms with Crippen LogP contribution in [0, 0.1) is 6.92 Å². The Balaban J connectivity index is 1.44. The monoisotopic (exact) mass is 581 g/mol. The van der Waals surface area contributed by atoms with Crippen LogP contribution in [0.25, 0.3) is 33.0 Å². The number of ether oxygens (including phenoxy) is 3. The first-order valence-corrected chi connectivity index (χ1v) is 13.6. The fraction of sp³-hybridized carbons (Fsp3) is 0.296. The molecule has 0 radical (unpaired) electrons. The Bertz CT molecular complexity index is 1690. The SMILES string of the molecule is CCn1nc(C)cc1-c1nc(-c2nc(Cl)cc3c2cnn3C)c(COC(=O)NCc2ccc(OC)cc2OC)s1. The molecule has 0 aliphatic rings. The van der Waals surface area contributed by atoms with E-state index >= 15 is 0 Å². The van der Waals surface area contributed by atoms with Crippen LogP contribution >= 0.6 is 22.9 Å². The third-order valence-electron chi connectivity index (χ3n) is 6.31. The highest BCUT2D eigenvalue weighted by Crippen LogP contribution is 2.37. The van der Waals surface area contributed by atoms with Crippen molar-refractivity contribution in [2.75, 3.05) is 14.2 Å². The summed E-state index contributed by atoms with van der Waals surface area (Å²) in [6, 6.07) is 9.13. The molecule has 0 saturated carbocycles. The average Bonchev–Trinajstić information content (AvgIpc) is 3.66. The lowest BCUT2D eigenvalue weighted by atomic mass is 10.2. The van der Waals surface area contributed by atoms with E-state index in [1.807, 2.05) is 37.7 Å². The third-order valence-corrected chi connectivity index (χ3v) is 7.55. The van der Waals surface area contributed by atoms with Crippen LogP contribution in [0.3, 0.4) is 0 Å². The van der Waals surface area contributed by atoms with Gasteiger partial charge in [-0.25, -0.2) is 14.8 Å². The van der Waals surface area contributed by atoms with E-state index in [1.54, 1.807) is 43.3 Å². The van der Waals surface area contributed by atoms with E-state index in [-0.39, 0.29) is 13.2 Å². The molecule has 0 atom stereocenters. The average molecular weight is 582 g/mol. The molecule has 4 aromatic heterocycles. The van der Waals surface area contributed by atoms with E-state index in [4.69, 9.17) is 30.8 Å². The van der Waals surface area contributed by atoms with Crippen LogP contribution < -0.4 is 14.8 Å². The molecule has 0 aliphatic heterocycles. The molecule has 0 bridgehead atoms. The summed E-state index contributed by atoms with van der Waals surface area (Å²) in [6.45, 7) is 4.84. The van der Waals surface area contributed by atoms with Gasteiger partial charge in [-0.15, -0.1) is 11.3 Å². The zero-order chi connectivity index (χ0) is 28.4. The molecule has 0 unspecified atom stereocenters. The van der Waals surface area contributed by atoms with Gasteiger partial charge in [0.1, 0.15) is 39.7 Å². The van der Waals surface area contributed by atoms with E-state index < -0.39 is 6.09 Å². The van der Waals surface area contributed by atoms with E-state index in [0.717, 1.165) is 32.9 Å². The van der Waals surface area contributed by atoms with Gasteiger partial charge in [-0.1, -0.05) is 11.6 Å². The van der Waals surface area contributed by atoms with Crippen molar-refractivity contribution in [1.82, 2.24) is 34.8 Å². The molecule has 208 valence electrons. The van der Waals surface area contributed by atoms with Crippen LogP contribution in [-0.2, 0) is 31.5 Å². The second-order valence-electron chi connectivity index (χ2n) is 8.88. The Kier molecular flexibility index (Phi) is 7.90. The molecule has 40 heavy (non-hydrogen) atoms. The number of hydrogen-bond donors (Lipinski definition) is 1. The van der Waals surface area contributed by atoms with E-state index in [0.29, 0.717) is 39.5 Å². The Morgan fingerprint density at radius 2 is 1.95 bits per heavy atom. The van der Waals surface area contributed by atoms with Crippen LogP contribution in [0.1, 0.15) is 23.1 Å². The van der Waals surface area contributed by atoms with Crippen LogP contribution in [-0.4, -0.2) is 49.8 Å². The fourth-order valence-corrected chi connectivity index (χ4v) is 5.53. The highest BCUT2D eigenvalue weighted by Gasteiger charge is 2.23. The smallest absolute Gasteiger partial charge is 0.407 e. The Morgan fingerprint density at radius 3 is 2.70 bits per heavy atom. The van der Waals surface area contributed by atoms with Crippen molar-refractivity contribution in [3.05, 3.63) is 57.8 Å². The van der Waals surface area contributed by atoms with Gasteiger partial charge in [-0.05, 0) is 32.0 Å². The molecule has 1 amide bonds. The molecule has 0 saturated heterocycles. The molecule has 5 rings (SSSR count). The highest BCUT2D eigenvalue weighted by atomic mass is 35.5. The number of carbonyl (C=O) groups is 1. The van der Waals surface area contributed by atoms with Gasteiger partial charge < -0.3 is 19.5 Å². The first-order valence-electron chi connectivity index (χ1n) is 12.5. The number of alkyl carbamates (subject to hydrolysis) is 1. The molecule has 1 N–H and O–H groups in total. The molecule has 0 fully saturated rings. The maximum Gasteiger partial charge on any atom is 0.407 e. The van der Waals surface area contributed by atoms with Gasteiger partial charge in [0.15, 0.2) is 0 Å². The molecular weight excluding hydrogens is 554 g/mol. The molecule has 5 aromatic rings. The van der Waals surface area contributed by atoms with E-state index in [2.05, 4.69) is 20.5 Å². The highest BCUT2D eigenvalue weighted by molar-refractivity contribution is 7.15. The maximum atomic E-state index is 12.7. The third kappa shape index (κ3) is 5.45. The molecule has 1 aromatic carbocycles. The topological polar surface area (TPSA) is 118 Å². The maximum absolute atomic E-state index is 12.7. The normalized spacial score (nSPS) is 11.2. The number of benzene rings is 1. The number of amides is 1. The molecule has 0 aliphatic carbocycles. The number of nitrogens with one attached hydrogen (secondary N) is 1. The Labute approximate surface area is 239 Å². The standard InChI is InChI=1S/C27H28ClN7O4S/c1-6-35-20(9-15(2)33-35)26-32-25(24-18-13-30-34(3)19(18)11-23(28)31-24)22(40-26)14-39-27(36)29-12-16-7-8-17(37-4)10-21(16)38-5/h7-11,13H,6,12,14H2,1-5H3,(H,29,36). The number of pyridine rings is 1. The van der Waals surface area contributed by atoms with E-state index in [9.17, 15) is 4.79 Å². The number of fused-ring (bicyclic) bond motifs is 1. The number of hydrogen-bond acceptors (Lipinski definition) is 9. The van der Waals surface area contributed by atoms with Crippen LogP contribution in [0.4, 0.5) is 4.79 Å². The minimum atomic E-state index is -0.584. The zero-order valence-electron chi connectivity index (χ0n) is 22.7. The number of aromatic nitrogens is 6. The number of nitrogens with zero attached hydrogens (tertiary/aromatic N) is 6. The van der Waals surface area contributed by atoms with Crippen molar-refractivity contribution < 1.29 is 19.0 Å².